The maximum atomic E-state index is 12.5. The first kappa shape index (κ1) is 11.4. The van der Waals surface area contributed by atoms with Crippen molar-refractivity contribution in [1.29, 1.82) is 0 Å². The van der Waals surface area contributed by atoms with E-state index in [0.29, 0.717) is 0 Å². The van der Waals surface area contributed by atoms with Gasteiger partial charge in [-0.2, -0.15) is 13.2 Å². The molecule has 3 N–H and O–H groups in total. The Labute approximate surface area is 83.3 Å². The van der Waals surface area contributed by atoms with Gasteiger partial charge in [0.25, 0.3) is 0 Å². The van der Waals surface area contributed by atoms with Crippen LogP contribution in [0.1, 0.15) is 22.8 Å². The van der Waals surface area contributed by atoms with Crippen molar-refractivity contribution in [3.8, 4) is 5.75 Å². The number of alkyl halides is 3. The number of hydrogen-bond acceptors (Lipinski definition) is 3. The molecule has 0 saturated carbocycles. The van der Waals surface area contributed by atoms with Crippen LogP contribution in [0.25, 0.3) is 0 Å². The highest BCUT2D eigenvalue weighted by atomic mass is 19.4. The summed E-state index contributed by atoms with van der Waals surface area (Å²) in [5, 5.41) is 9.17. The van der Waals surface area contributed by atoms with Crippen molar-refractivity contribution in [1.82, 2.24) is 0 Å². The molecule has 0 heterocycles. The highest BCUT2D eigenvalue weighted by Gasteiger charge is 2.38. The van der Waals surface area contributed by atoms with Gasteiger partial charge in [-0.1, -0.05) is 0 Å². The summed E-state index contributed by atoms with van der Waals surface area (Å²) in [6.07, 6.45) is -4.81. The first-order valence-corrected chi connectivity index (χ1v) is 3.94. The fourth-order valence-electron chi connectivity index (χ4n) is 1.19. The third-order valence-electron chi connectivity index (χ3n) is 1.87. The Morgan fingerprint density at radius 1 is 1.40 bits per heavy atom. The maximum absolute atomic E-state index is 12.5. The Hall–Kier alpha value is -1.72. The first-order valence-electron chi connectivity index (χ1n) is 3.94. The average Bonchev–Trinajstić information content (AvgIpc) is 2.06. The molecular formula is C9H8F3NO2. The molecule has 0 amide bonds. The minimum atomic E-state index is -4.81. The van der Waals surface area contributed by atoms with Gasteiger partial charge >= 0.3 is 6.18 Å². The van der Waals surface area contributed by atoms with Crippen molar-refractivity contribution in [2.24, 2.45) is 0 Å². The zero-order chi connectivity index (χ0) is 11.8. The summed E-state index contributed by atoms with van der Waals surface area (Å²) in [7, 11) is 0. The lowest BCUT2D eigenvalue weighted by atomic mass is 10.0. The maximum Gasteiger partial charge on any atom is 0.420 e. The van der Waals surface area contributed by atoms with E-state index in [1.54, 1.807) is 0 Å². The lowest BCUT2D eigenvalue weighted by molar-refractivity contribution is -0.139. The van der Waals surface area contributed by atoms with Crippen molar-refractivity contribution < 1.29 is 23.1 Å². The number of ketones is 1. The Morgan fingerprint density at radius 2 is 1.93 bits per heavy atom. The third kappa shape index (κ3) is 2.03. The van der Waals surface area contributed by atoms with Gasteiger partial charge in [-0.15, -0.1) is 0 Å². The van der Waals surface area contributed by atoms with Gasteiger partial charge in [-0.05, 0) is 19.1 Å². The van der Waals surface area contributed by atoms with Crippen molar-refractivity contribution >= 4 is 11.5 Å². The number of hydrogen-bond donors (Lipinski definition) is 2. The Balaban J connectivity index is 3.57. The van der Waals surface area contributed by atoms with E-state index in [2.05, 4.69) is 0 Å². The molecular weight excluding hydrogens is 211 g/mol. The van der Waals surface area contributed by atoms with Crippen LogP contribution in [0.5, 0.6) is 5.75 Å². The molecule has 0 aliphatic heterocycles. The van der Waals surface area contributed by atoms with Gasteiger partial charge in [-0.3, -0.25) is 4.79 Å². The van der Waals surface area contributed by atoms with Crippen LogP contribution in [-0.2, 0) is 6.18 Å². The van der Waals surface area contributed by atoms with E-state index in [-0.39, 0.29) is 0 Å². The number of nitrogen functional groups attached to an aromatic ring is 1. The van der Waals surface area contributed by atoms with E-state index in [4.69, 9.17) is 10.8 Å². The van der Waals surface area contributed by atoms with Crippen molar-refractivity contribution in [2.45, 2.75) is 13.1 Å². The lowest BCUT2D eigenvalue weighted by Gasteiger charge is -2.13. The smallest absolute Gasteiger partial charge is 0.420 e. The normalized spacial score (nSPS) is 11.5. The molecule has 0 unspecified atom stereocenters. The number of aromatic hydroxyl groups is 1. The zero-order valence-electron chi connectivity index (χ0n) is 7.72. The summed E-state index contributed by atoms with van der Waals surface area (Å²) < 4.78 is 37.4. The second-order valence-corrected chi connectivity index (χ2v) is 2.98. The SMILES string of the molecule is CC(=O)c1ccc(N)c(O)c1C(F)(F)F. The predicted octanol–water partition coefficient (Wildman–Crippen LogP) is 2.20. The van der Waals surface area contributed by atoms with Crippen LogP contribution in [0.2, 0.25) is 0 Å². The molecule has 1 aromatic rings. The number of nitrogens with two attached hydrogens (primary N) is 1. The van der Waals surface area contributed by atoms with Crippen LogP contribution < -0.4 is 5.73 Å². The number of halogens is 3. The molecule has 1 rings (SSSR count). The predicted molar refractivity (Wildman–Crippen MR) is 47.5 cm³/mol. The minimum Gasteiger partial charge on any atom is -0.505 e. The standard InChI is InChI=1S/C9H8F3NO2/c1-4(14)5-2-3-6(13)8(15)7(5)9(10,11)12/h2-3,15H,13H2,1H3. The van der Waals surface area contributed by atoms with Gasteiger partial charge in [-0.25, -0.2) is 0 Å². The fourth-order valence-corrected chi connectivity index (χ4v) is 1.19. The lowest BCUT2D eigenvalue weighted by Crippen LogP contribution is -2.13. The molecule has 0 atom stereocenters. The van der Waals surface area contributed by atoms with Crippen LogP contribution in [0.4, 0.5) is 18.9 Å². The van der Waals surface area contributed by atoms with Crippen LogP contribution >= 0.6 is 0 Å². The molecule has 1 aromatic carbocycles. The van der Waals surface area contributed by atoms with Crippen molar-refractivity contribution in [3.05, 3.63) is 23.3 Å². The number of phenols is 1. The van der Waals surface area contributed by atoms with Crippen molar-refractivity contribution in [3.63, 3.8) is 0 Å². The van der Waals surface area contributed by atoms with E-state index in [1.807, 2.05) is 0 Å². The van der Waals surface area contributed by atoms with E-state index in [0.717, 1.165) is 19.1 Å². The molecule has 82 valence electrons. The first-order chi connectivity index (χ1) is 6.75. The van der Waals surface area contributed by atoms with Crippen LogP contribution in [0.3, 0.4) is 0 Å². The molecule has 0 aromatic heterocycles. The summed E-state index contributed by atoms with van der Waals surface area (Å²) in [5.74, 6) is -1.88. The molecule has 0 saturated heterocycles. The zero-order valence-corrected chi connectivity index (χ0v) is 7.72. The van der Waals surface area contributed by atoms with Gasteiger partial charge in [0.1, 0.15) is 5.56 Å². The van der Waals surface area contributed by atoms with Crippen LogP contribution in [-0.4, -0.2) is 10.9 Å². The quantitative estimate of drug-likeness (QED) is 0.432. The highest BCUT2D eigenvalue weighted by Crippen LogP contribution is 2.41. The average molecular weight is 219 g/mol. The largest absolute Gasteiger partial charge is 0.505 e. The number of anilines is 1. The number of phenolic OH excluding ortho intramolecular Hbond substituents is 1. The van der Waals surface area contributed by atoms with E-state index >= 15 is 0 Å². The monoisotopic (exact) mass is 219 g/mol. The van der Waals surface area contributed by atoms with E-state index < -0.39 is 34.5 Å². The number of Topliss-reactive ketones (excluding diaryl/α,β-unsaturated/α-hetero) is 1. The molecule has 0 bridgehead atoms. The third-order valence-corrected chi connectivity index (χ3v) is 1.87. The van der Waals surface area contributed by atoms with E-state index in [1.165, 1.54) is 0 Å². The van der Waals surface area contributed by atoms with Gasteiger partial charge in [0.15, 0.2) is 11.5 Å². The second kappa shape index (κ2) is 3.45. The number of carbonyl (C=O) groups excluding carboxylic acids is 1. The number of rotatable bonds is 1. The topological polar surface area (TPSA) is 63.3 Å². The number of benzene rings is 1. The minimum absolute atomic E-state index is 0.410. The van der Waals surface area contributed by atoms with Crippen LogP contribution in [0, 0.1) is 0 Å². The van der Waals surface area contributed by atoms with Crippen LogP contribution in [0.15, 0.2) is 12.1 Å². The molecule has 15 heavy (non-hydrogen) atoms. The van der Waals surface area contributed by atoms with Gasteiger partial charge in [0.2, 0.25) is 0 Å². The summed E-state index contributed by atoms with van der Waals surface area (Å²) in [6, 6.07) is 2.00. The number of carbonyl (C=O) groups is 1. The summed E-state index contributed by atoms with van der Waals surface area (Å²) in [6.45, 7) is 0.986. The Bertz CT molecular complexity index is 413. The van der Waals surface area contributed by atoms with Gasteiger partial charge in [0, 0.05) is 5.56 Å². The molecule has 0 radical (unpaired) electrons. The second-order valence-electron chi connectivity index (χ2n) is 2.98. The Morgan fingerprint density at radius 3 is 2.33 bits per heavy atom. The summed E-state index contributed by atoms with van der Waals surface area (Å²) in [4.78, 5) is 10.9. The molecule has 0 fully saturated rings. The fraction of sp³-hybridized carbons (Fsp3) is 0.222. The van der Waals surface area contributed by atoms with Crippen molar-refractivity contribution in [2.75, 3.05) is 5.73 Å². The van der Waals surface area contributed by atoms with Gasteiger partial charge < -0.3 is 10.8 Å². The molecule has 0 spiro atoms. The summed E-state index contributed by atoms with van der Waals surface area (Å²) in [5.41, 5.74) is 2.75. The Kier molecular flexibility index (Phi) is 2.61. The highest BCUT2D eigenvalue weighted by molar-refractivity contribution is 5.97. The molecule has 0 aliphatic rings. The van der Waals surface area contributed by atoms with Gasteiger partial charge in [0.05, 0.1) is 5.69 Å². The molecule has 0 aliphatic carbocycles. The van der Waals surface area contributed by atoms with E-state index in [9.17, 15) is 18.0 Å². The molecule has 6 heteroatoms. The summed E-state index contributed by atoms with van der Waals surface area (Å²) >= 11 is 0. The molecule has 3 nitrogen and oxygen atoms in total.